The first-order chi connectivity index (χ1) is 26.9. The van der Waals surface area contributed by atoms with E-state index in [1.807, 2.05) is 6.92 Å². The van der Waals surface area contributed by atoms with Crippen LogP contribution >= 0.6 is 0 Å². The Morgan fingerprint density at radius 2 is 1.32 bits per heavy atom. The van der Waals surface area contributed by atoms with Gasteiger partial charge in [0, 0.05) is 62.9 Å². The number of esters is 2. The van der Waals surface area contributed by atoms with Gasteiger partial charge >= 0.3 is 11.9 Å². The van der Waals surface area contributed by atoms with Crippen molar-refractivity contribution in [1.29, 1.82) is 0 Å². The van der Waals surface area contributed by atoms with Crippen molar-refractivity contribution in [2.24, 2.45) is 17.8 Å². The summed E-state index contributed by atoms with van der Waals surface area (Å²) in [5.41, 5.74) is 5.26. The summed E-state index contributed by atoms with van der Waals surface area (Å²) >= 11 is 0. The minimum Gasteiger partial charge on any atom is -0.493 e. The van der Waals surface area contributed by atoms with Gasteiger partial charge in [0.05, 0.1) is 39.6 Å². The van der Waals surface area contributed by atoms with Gasteiger partial charge in [0.2, 0.25) is 0 Å². The number of hydrogen-bond acceptors (Lipinski definition) is 11. The maximum atomic E-state index is 13.9. The highest BCUT2D eigenvalue weighted by atomic mass is 16.5. The molecule has 304 valence electrons. The number of piperidine rings is 1. The number of carbonyl (C=O) groups excluding carboxylic acids is 2. The van der Waals surface area contributed by atoms with Crippen molar-refractivity contribution >= 4 is 11.9 Å². The largest absolute Gasteiger partial charge is 0.493 e. The highest BCUT2D eigenvalue weighted by Crippen LogP contribution is 2.45. The Bertz CT molecular complexity index is 1850. The van der Waals surface area contributed by atoms with E-state index in [1.54, 1.807) is 34.5 Å². The molecular formula is C45H61N3O8. The molecule has 0 bridgehead atoms. The van der Waals surface area contributed by atoms with Gasteiger partial charge in [-0.1, -0.05) is 27.7 Å². The zero-order valence-electron chi connectivity index (χ0n) is 34.8. The van der Waals surface area contributed by atoms with Gasteiger partial charge in [-0.15, -0.1) is 0 Å². The molecule has 0 amide bonds. The molecule has 3 aliphatic heterocycles. The highest BCUT2D eigenvalue weighted by molar-refractivity contribution is 5.94. The number of benzene rings is 2. The molecular weight excluding hydrogens is 711 g/mol. The molecule has 4 heterocycles. The van der Waals surface area contributed by atoms with Gasteiger partial charge in [-0.2, -0.15) is 0 Å². The van der Waals surface area contributed by atoms with Crippen molar-refractivity contribution in [3.05, 3.63) is 76.1 Å². The summed E-state index contributed by atoms with van der Waals surface area (Å²) in [7, 11) is 6.62. The van der Waals surface area contributed by atoms with E-state index in [-0.39, 0.29) is 35.2 Å². The third kappa shape index (κ3) is 9.26. The molecule has 0 radical (unpaired) electrons. The summed E-state index contributed by atoms with van der Waals surface area (Å²) in [5, 5.41) is 0. The molecule has 3 aliphatic rings. The maximum absolute atomic E-state index is 13.9. The second-order valence-electron chi connectivity index (χ2n) is 16.5. The molecule has 1 aromatic heterocycles. The average Bonchev–Trinajstić information content (AvgIpc) is 3.19. The van der Waals surface area contributed by atoms with Crippen LogP contribution in [0.1, 0.15) is 115 Å². The van der Waals surface area contributed by atoms with Crippen LogP contribution in [0.3, 0.4) is 0 Å². The van der Waals surface area contributed by atoms with Gasteiger partial charge in [0.1, 0.15) is 12.2 Å². The number of methoxy groups -OCH3 is 4. The Labute approximate surface area is 332 Å². The number of nitrogens with zero attached hydrogens (tertiary/aromatic N) is 3. The average molecular weight is 772 g/mol. The third-order valence-electron chi connectivity index (χ3n) is 11.8. The summed E-state index contributed by atoms with van der Waals surface area (Å²) in [6.07, 6.45) is 7.29. The van der Waals surface area contributed by atoms with Crippen LogP contribution in [0, 0.1) is 17.8 Å². The number of pyridine rings is 1. The van der Waals surface area contributed by atoms with Crippen molar-refractivity contribution in [2.45, 2.75) is 97.4 Å². The van der Waals surface area contributed by atoms with Crippen LogP contribution in [0.5, 0.6) is 23.0 Å². The lowest BCUT2D eigenvalue weighted by Crippen LogP contribution is -2.49. The fraction of sp³-hybridized carbons (Fsp3) is 0.578. The monoisotopic (exact) mass is 771 g/mol. The standard InChI is InChI=1S/C45H61N3O8/c1-27(2)10-13-47-14-11-30-19-40(51-6)42(53-8)21-35(30)37(47)17-29(5)55-44(49)32-18-33(25-46-24-32)45(50)56-39-23-38-36-22-43(54-9)41(52-7)20-31(36)12-15-48(38)26-34(39)16-28(3)4/h18-22,24-25,27-29,34,37-39H,10-17,23,26H2,1-9H3/t29-,34+,37+,38+,39+/m0/s1. The van der Waals surface area contributed by atoms with Crippen LogP contribution in [0.15, 0.2) is 42.7 Å². The van der Waals surface area contributed by atoms with Gasteiger partial charge < -0.3 is 28.4 Å². The van der Waals surface area contributed by atoms with E-state index >= 15 is 0 Å². The van der Waals surface area contributed by atoms with Crippen LogP contribution in [-0.4, -0.2) is 93.5 Å². The second kappa shape index (κ2) is 18.3. The summed E-state index contributed by atoms with van der Waals surface area (Å²) in [6.45, 7) is 14.4. The van der Waals surface area contributed by atoms with E-state index in [9.17, 15) is 9.59 Å². The van der Waals surface area contributed by atoms with Crippen molar-refractivity contribution in [3.8, 4) is 23.0 Å². The number of rotatable bonds is 15. The zero-order valence-corrected chi connectivity index (χ0v) is 34.8. The molecule has 0 spiro atoms. The smallest absolute Gasteiger partial charge is 0.340 e. The number of carbonyl (C=O) groups is 2. The van der Waals surface area contributed by atoms with Gasteiger partial charge in [-0.25, -0.2) is 9.59 Å². The Morgan fingerprint density at radius 1 is 0.732 bits per heavy atom. The van der Waals surface area contributed by atoms with Crippen molar-refractivity contribution in [1.82, 2.24) is 14.8 Å². The van der Waals surface area contributed by atoms with Crippen LogP contribution in [0.25, 0.3) is 0 Å². The van der Waals surface area contributed by atoms with Crippen molar-refractivity contribution in [3.63, 3.8) is 0 Å². The maximum Gasteiger partial charge on any atom is 0.340 e. The number of aromatic nitrogens is 1. The predicted molar refractivity (Wildman–Crippen MR) is 215 cm³/mol. The third-order valence-corrected chi connectivity index (χ3v) is 11.8. The van der Waals surface area contributed by atoms with Crippen molar-refractivity contribution in [2.75, 3.05) is 54.6 Å². The van der Waals surface area contributed by atoms with Gasteiger partial charge in [0.25, 0.3) is 0 Å². The lowest BCUT2D eigenvalue weighted by molar-refractivity contribution is -0.0417. The summed E-state index contributed by atoms with van der Waals surface area (Å²) < 4.78 is 35.0. The highest BCUT2D eigenvalue weighted by Gasteiger charge is 2.41. The minimum absolute atomic E-state index is 0.0315. The number of ether oxygens (including phenoxy) is 6. The molecule has 1 saturated heterocycles. The van der Waals surface area contributed by atoms with Crippen LogP contribution in [-0.2, 0) is 22.3 Å². The quantitative estimate of drug-likeness (QED) is 0.141. The molecule has 2 aromatic carbocycles. The first kappa shape index (κ1) is 41.3. The molecule has 11 nitrogen and oxygen atoms in total. The summed E-state index contributed by atoms with van der Waals surface area (Å²) in [5.74, 6) is 2.99. The fourth-order valence-electron chi connectivity index (χ4n) is 8.91. The van der Waals surface area contributed by atoms with Crippen LogP contribution in [0.2, 0.25) is 0 Å². The molecule has 11 heteroatoms. The predicted octanol–water partition coefficient (Wildman–Crippen LogP) is 7.89. The molecule has 0 saturated carbocycles. The lowest BCUT2D eigenvalue weighted by atomic mass is 9.79. The molecule has 56 heavy (non-hydrogen) atoms. The first-order valence-corrected chi connectivity index (χ1v) is 20.3. The van der Waals surface area contributed by atoms with Crippen LogP contribution < -0.4 is 18.9 Å². The summed E-state index contributed by atoms with van der Waals surface area (Å²) in [4.78, 5) is 36.8. The Morgan fingerprint density at radius 3 is 1.95 bits per heavy atom. The Kier molecular flexibility index (Phi) is 13.5. The lowest BCUT2D eigenvalue weighted by Gasteiger charge is -2.47. The Hall–Kier alpha value is -4.35. The molecule has 0 unspecified atom stereocenters. The zero-order chi connectivity index (χ0) is 40.1. The van der Waals surface area contributed by atoms with Crippen LogP contribution in [0.4, 0.5) is 0 Å². The topological polar surface area (TPSA) is 109 Å². The summed E-state index contributed by atoms with van der Waals surface area (Å²) in [6, 6.07) is 9.97. The van der Waals surface area contributed by atoms with Gasteiger partial charge in [-0.05, 0) is 104 Å². The normalized spacial score (nSPS) is 21.4. The number of hydrogen-bond donors (Lipinski definition) is 0. The molecule has 3 aromatic rings. The number of fused-ring (bicyclic) bond motifs is 4. The Balaban J connectivity index is 1.16. The minimum atomic E-state index is -0.522. The molecule has 0 N–H and O–H groups in total. The van der Waals surface area contributed by atoms with E-state index < -0.39 is 18.0 Å². The molecule has 1 fully saturated rings. The molecule has 5 atom stereocenters. The van der Waals surface area contributed by atoms with E-state index in [2.05, 4.69) is 66.7 Å². The molecule has 6 rings (SSSR count). The second-order valence-corrected chi connectivity index (χ2v) is 16.5. The fourth-order valence-corrected chi connectivity index (χ4v) is 8.91. The van der Waals surface area contributed by atoms with E-state index in [1.165, 1.54) is 34.6 Å². The SMILES string of the molecule is COc1cc2c(cc1OC)[C@@H](C[C@H](C)OC(=O)c1cncc(C(=O)O[C@@H]3C[C@@H]4c5cc(OC)c(OC)cc5CCN4C[C@H]3CC(C)C)c1)N(CCC(C)C)CC2. The van der Waals surface area contributed by atoms with E-state index in [0.29, 0.717) is 41.9 Å². The van der Waals surface area contributed by atoms with Crippen molar-refractivity contribution < 1.29 is 38.0 Å². The first-order valence-electron chi connectivity index (χ1n) is 20.3. The van der Waals surface area contributed by atoms with Gasteiger partial charge in [-0.3, -0.25) is 14.8 Å². The van der Waals surface area contributed by atoms with E-state index in [4.69, 9.17) is 28.4 Å². The van der Waals surface area contributed by atoms with E-state index in [0.717, 1.165) is 57.6 Å². The van der Waals surface area contributed by atoms with Gasteiger partial charge in [0.15, 0.2) is 23.0 Å². The molecule has 0 aliphatic carbocycles.